The van der Waals surface area contributed by atoms with Crippen molar-refractivity contribution in [2.24, 2.45) is 0 Å². The van der Waals surface area contributed by atoms with Crippen molar-refractivity contribution in [3.8, 4) is 0 Å². The summed E-state index contributed by atoms with van der Waals surface area (Å²) in [5.41, 5.74) is 1.32. The van der Waals surface area contributed by atoms with Crippen LogP contribution in [-0.4, -0.2) is 13.3 Å². The fraction of sp³-hybridized carbons (Fsp3) is 0.429. The van der Waals surface area contributed by atoms with Gasteiger partial charge < -0.3 is 12.4 Å². The van der Waals surface area contributed by atoms with Gasteiger partial charge in [-0.15, -0.1) is 0 Å². The summed E-state index contributed by atoms with van der Waals surface area (Å²) in [5.74, 6) is 5.75. The van der Waals surface area contributed by atoms with Gasteiger partial charge in [0.2, 0.25) is 0 Å². The van der Waals surface area contributed by atoms with Gasteiger partial charge in [-0.2, -0.15) is 0 Å². The van der Waals surface area contributed by atoms with Crippen molar-refractivity contribution in [3.63, 3.8) is 0 Å². The van der Waals surface area contributed by atoms with Gasteiger partial charge in [-0.05, 0) is 0 Å². The minimum atomic E-state index is -1.07. The molecule has 0 unspecified atom stereocenters. The van der Waals surface area contributed by atoms with E-state index in [-0.39, 0.29) is 12.4 Å². The Bertz CT molecular complexity index is 156. The van der Waals surface area contributed by atoms with Crippen LogP contribution >= 0.6 is 7.26 Å². The quantitative estimate of drug-likeness (QED) is 0.324. The van der Waals surface area contributed by atoms with Crippen molar-refractivity contribution in [2.75, 3.05) is 13.3 Å². The summed E-state index contributed by atoms with van der Waals surface area (Å²) in [6.45, 7) is 6.69. The van der Waals surface area contributed by atoms with Gasteiger partial charge in [-0.25, -0.2) is 0 Å². The predicted octanol–water partition coefficient (Wildman–Crippen LogP) is -0.766. The van der Waals surface area contributed by atoms with Crippen molar-refractivity contribution < 1.29 is 12.4 Å². The van der Waals surface area contributed by atoms with Crippen LogP contribution in [0.4, 0.5) is 0 Å². The maximum atomic E-state index is 3.44. The Balaban J connectivity index is 0.000000640. The summed E-state index contributed by atoms with van der Waals surface area (Å²) in [5, 5.41) is 0. The molecule has 0 fully saturated rings. The maximum Gasteiger partial charge on any atom is -1.00 e. The zero-order chi connectivity index (χ0) is 6.20. The second-order valence-electron chi connectivity index (χ2n) is 2.86. The van der Waals surface area contributed by atoms with E-state index in [4.69, 9.17) is 0 Å². The molecule has 1 heterocycles. The third-order valence-electron chi connectivity index (χ3n) is 1.27. The second-order valence-corrected chi connectivity index (χ2v) is 6.89. The van der Waals surface area contributed by atoms with Crippen LogP contribution < -0.4 is 12.4 Å². The van der Waals surface area contributed by atoms with Crippen LogP contribution in [-0.2, 0) is 0 Å². The van der Waals surface area contributed by atoms with Crippen molar-refractivity contribution in [3.05, 3.63) is 23.3 Å². The molecule has 0 radical (unpaired) electrons. The van der Waals surface area contributed by atoms with E-state index in [1.807, 2.05) is 0 Å². The van der Waals surface area contributed by atoms with E-state index in [1.54, 1.807) is 0 Å². The van der Waals surface area contributed by atoms with Crippen LogP contribution in [0.3, 0.4) is 0 Å². The molecule has 0 spiro atoms. The molecule has 0 atom stereocenters. The largest absolute Gasteiger partial charge is 1.00 e. The molecule has 1 aliphatic heterocycles. The van der Waals surface area contributed by atoms with Crippen LogP contribution in [0.1, 0.15) is 6.92 Å². The van der Waals surface area contributed by atoms with E-state index in [0.29, 0.717) is 0 Å². The van der Waals surface area contributed by atoms with E-state index in [0.717, 1.165) is 0 Å². The van der Waals surface area contributed by atoms with E-state index in [1.165, 1.54) is 5.57 Å². The third kappa shape index (κ3) is 2.45. The SMILES string of the molecule is CC1=[C+][PH](C)(C)C=C1.[Cl-]. The van der Waals surface area contributed by atoms with Gasteiger partial charge >= 0.3 is 50.8 Å². The molecule has 2 heteroatoms. The van der Waals surface area contributed by atoms with Gasteiger partial charge in [0.05, 0.1) is 0 Å². The molecule has 1 rings (SSSR count). The first-order valence-corrected chi connectivity index (χ1v) is 5.99. The van der Waals surface area contributed by atoms with E-state index < -0.39 is 7.26 Å². The van der Waals surface area contributed by atoms with Gasteiger partial charge in [0.15, 0.2) is 0 Å². The van der Waals surface area contributed by atoms with Crippen LogP contribution in [0.2, 0.25) is 0 Å². The van der Waals surface area contributed by atoms with Gasteiger partial charge in [0, 0.05) is 0 Å². The van der Waals surface area contributed by atoms with Gasteiger partial charge in [0.1, 0.15) is 0 Å². The van der Waals surface area contributed by atoms with Crippen molar-refractivity contribution in [2.45, 2.75) is 6.92 Å². The zero-order valence-electron chi connectivity index (χ0n) is 6.03. The molecule has 0 aromatic rings. The Kier molecular flexibility index (Phi) is 2.83. The van der Waals surface area contributed by atoms with Crippen molar-refractivity contribution >= 4 is 7.26 Å². The Morgan fingerprint density at radius 2 is 2.00 bits per heavy atom. The summed E-state index contributed by atoms with van der Waals surface area (Å²) >= 11 is 0. The Morgan fingerprint density at radius 1 is 1.44 bits per heavy atom. The molecule has 0 amide bonds. The molecule has 0 aliphatic carbocycles. The first-order valence-electron chi connectivity index (χ1n) is 2.91. The topological polar surface area (TPSA) is 0 Å². The molecule has 0 saturated carbocycles. The molecule has 0 aromatic heterocycles. The third-order valence-corrected chi connectivity index (χ3v) is 3.31. The zero-order valence-corrected chi connectivity index (χ0v) is 7.79. The van der Waals surface area contributed by atoms with Crippen LogP contribution in [0, 0.1) is 5.82 Å². The van der Waals surface area contributed by atoms with Gasteiger partial charge in [0.25, 0.3) is 0 Å². The van der Waals surface area contributed by atoms with E-state index in [2.05, 4.69) is 38.0 Å². The Labute approximate surface area is 63.8 Å². The van der Waals surface area contributed by atoms with Crippen LogP contribution in [0.5, 0.6) is 0 Å². The molecular weight excluding hydrogens is 151 g/mol. The number of rotatable bonds is 0. The van der Waals surface area contributed by atoms with E-state index in [9.17, 15) is 0 Å². The Hall–Kier alpha value is 0.110. The smallest absolute Gasteiger partial charge is 1.00 e. The first kappa shape index (κ1) is 9.11. The summed E-state index contributed by atoms with van der Waals surface area (Å²) < 4.78 is 0. The van der Waals surface area contributed by atoms with Crippen molar-refractivity contribution in [1.82, 2.24) is 0 Å². The molecule has 0 bridgehead atoms. The molecule has 0 N–H and O–H groups in total. The summed E-state index contributed by atoms with van der Waals surface area (Å²) in [7, 11) is -1.07. The number of hydrogen-bond acceptors (Lipinski definition) is 0. The predicted molar refractivity (Wildman–Crippen MR) is 41.7 cm³/mol. The van der Waals surface area contributed by atoms with Crippen LogP contribution in [0.25, 0.3) is 0 Å². The minimum Gasteiger partial charge on any atom is -1.00 e. The van der Waals surface area contributed by atoms with Gasteiger partial charge in [-0.3, -0.25) is 0 Å². The monoisotopic (exact) mass is 162 g/mol. The molecule has 0 nitrogen and oxygen atoms in total. The van der Waals surface area contributed by atoms with E-state index >= 15 is 0 Å². The van der Waals surface area contributed by atoms with Crippen LogP contribution in [0.15, 0.2) is 17.5 Å². The maximum absolute atomic E-state index is 3.44. The fourth-order valence-electron chi connectivity index (χ4n) is 0.925. The van der Waals surface area contributed by atoms with Crippen molar-refractivity contribution in [1.29, 1.82) is 0 Å². The first-order chi connectivity index (χ1) is 3.60. The molecule has 52 valence electrons. The molecule has 1 aliphatic rings. The number of allylic oxidation sites excluding steroid dienone is 2. The standard InChI is InChI=1S/C7H12P.ClH/c1-7-4-5-8(2,3)6-7;/h4-5,8H,1-3H3;1H/q+1;/p-1. The Morgan fingerprint density at radius 3 is 2.11 bits per heavy atom. The molecule has 9 heavy (non-hydrogen) atoms. The summed E-state index contributed by atoms with van der Waals surface area (Å²) in [6, 6.07) is 0. The average molecular weight is 163 g/mol. The summed E-state index contributed by atoms with van der Waals surface area (Å²) in [4.78, 5) is 0. The molecule has 0 saturated heterocycles. The molecular formula is C7H12ClP. The fourth-order valence-corrected chi connectivity index (χ4v) is 2.77. The average Bonchev–Trinajstić information content (AvgIpc) is 1.82. The molecule has 0 aromatic carbocycles. The number of hydrogen-bond donors (Lipinski definition) is 0. The number of halogens is 1. The van der Waals surface area contributed by atoms with Gasteiger partial charge in [-0.1, -0.05) is 0 Å². The minimum absolute atomic E-state index is 0. The second kappa shape index (κ2) is 2.80. The summed E-state index contributed by atoms with van der Waals surface area (Å²) in [6.07, 6.45) is 2.17. The normalized spacial score (nSPS) is 23.7.